The molecular weight excluding hydrogens is 352 g/mol. The van der Waals surface area contributed by atoms with Crippen molar-refractivity contribution in [2.75, 3.05) is 27.3 Å². The summed E-state index contributed by atoms with van der Waals surface area (Å²) >= 11 is 0. The molecule has 0 bridgehead atoms. The van der Waals surface area contributed by atoms with Crippen LogP contribution in [0, 0.1) is 12.8 Å². The monoisotopic (exact) mass is 382 g/mol. The largest absolute Gasteiger partial charge is 0.496 e. The fourth-order valence-electron chi connectivity index (χ4n) is 2.91. The maximum atomic E-state index is 5.68. The Kier molecular flexibility index (Phi) is 7.12. The molecule has 28 heavy (non-hydrogen) atoms. The van der Waals surface area contributed by atoms with E-state index in [1.165, 1.54) is 24.0 Å². The van der Waals surface area contributed by atoms with Gasteiger partial charge in [0.15, 0.2) is 5.96 Å². The van der Waals surface area contributed by atoms with E-state index in [4.69, 9.17) is 9.47 Å². The molecule has 150 valence electrons. The van der Waals surface area contributed by atoms with E-state index in [1.54, 1.807) is 14.2 Å². The van der Waals surface area contributed by atoms with E-state index < -0.39 is 0 Å². The molecule has 0 radical (unpaired) electrons. The third-order valence-electron chi connectivity index (χ3n) is 4.77. The molecule has 1 saturated carbocycles. The Hall–Kier alpha value is -2.76. The Bertz CT molecular complexity index is 786. The Labute approximate surface area is 167 Å². The van der Waals surface area contributed by atoms with Gasteiger partial charge in [-0.2, -0.15) is 0 Å². The summed E-state index contributed by atoms with van der Waals surface area (Å²) in [5, 5.41) is 6.67. The lowest BCUT2D eigenvalue weighted by Crippen LogP contribution is -2.37. The number of benzene rings is 1. The molecule has 0 atom stereocenters. The molecular formula is C22H30N4O2. The maximum absolute atomic E-state index is 5.68. The zero-order valence-corrected chi connectivity index (χ0v) is 17.0. The molecule has 6 heteroatoms. The summed E-state index contributed by atoms with van der Waals surface area (Å²) in [4.78, 5) is 8.66. The molecule has 0 spiro atoms. The second kappa shape index (κ2) is 9.97. The summed E-state index contributed by atoms with van der Waals surface area (Å²) < 4.78 is 11.1. The lowest BCUT2D eigenvalue weighted by molar-refractivity contribution is 0.288. The van der Waals surface area contributed by atoms with E-state index in [0.717, 1.165) is 42.8 Å². The van der Waals surface area contributed by atoms with Crippen molar-refractivity contribution < 1.29 is 9.47 Å². The number of hydrogen-bond donors (Lipinski definition) is 2. The third-order valence-corrected chi connectivity index (χ3v) is 4.77. The van der Waals surface area contributed by atoms with E-state index in [-0.39, 0.29) is 0 Å². The third kappa shape index (κ3) is 6.15. The van der Waals surface area contributed by atoms with Crippen LogP contribution in [-0.2, 0) is 13.0 Å². The van der Waals surface area contributed by atoms with Crippen LogP contribution in [0.15, 0.2) is 41.5 Å². The Morgan fingerprint density at radius 2 is 2.07 bits per heavy atom. The fraction of sp³-hybridized carbons (Fsp3) is 0.455. The molecule has 0 aliphatic heterocycles. The molecule has 1 fully saturated rings. The summed E-state index contributed by atoms with van der Waals surface area (Å²) in [7, 11) is 3.48. The SMILES string of the molecule is CN=C(NCCc1cc(C)ccc1OC)NCc1ccc(OCC2CC2)nc1. The highest BCUT2D eigenvalue weighted by Crippen LogP contribution is 2.29. The number of guanidine groups is 1. The van der Waals surface area contributed by atoms with Gasteiger partial charge in [-0.3, -0.25) is 4.99 Å². The Morgan fingerprint density at radius 1 is 1.21 bits per heavy atom. The molecule has 0 amide bonds. The summed E-state index contributed by atoms with van der Waals surface area (Å²) in [6, 6.07) is 10.2. The number of aromatic nitrogens is 1. The van der Waals surface area contributed by atoms with Gasteiger partial charge in [0.2, 0.25) is 5.88 Å². The van der Waals surface area contributed by atoms with Crippen LogP contribution in [0.4, 0.5) is 0 Å². The average Bonchev–Trinajstić information content (AvgIpc) is 3.54. The van der Waals surface area contributed by atoms with Crippen molar-refractivity contribution in [3.8, 4) is 11.6 Å². The number of rotatable bonds is 9. The highest BCUT2D eigenvalue weighted by molar-refractivity contribution is 5.79. The van der Waals surface area contributed by atoms with Crippen LogP contribution < -0.4 is 20.1 Å². The van der Waals surface area contributed by atoms with E-state index in [1.807, 2.05) is 24.4 Å². The molecule has 1 heterocycles. The van der Waals surface area contributed by atoms with Crippen molar-refractivity contribution in [2.45, 2.75) is 32.7 Å². The number of methoxy groups -OCH3 is 1. The zero-order valence-electron chi connectivity index (χ0n) is 17.0. The van der Waals surface area contributed by atoms with Gasteiger partial charge in [0.05, 0.1) is 13.7 Å². The van der Waals surface area contributed by atoms with Gasteiger partial charge in [0, 0.05) is 32.4 Å². The predicted molar refractivity (Wildman–Crippen MR) is 112 cm³/mol. The molecule has 3 rings (SSSR count). The summed E-state index contributed by atoms with van der Waals surface area (Å²) in [6.07, 6.45) is 5.27. The summed E-state index contributed by atoms with van der Waals surface area (Å²) in [6.45, 7) is 4.30. The predicted octanol–water partition coefficient (Wildman–Crippen LogP) is 3.10. The van der Waals surface area contributed by atoms with Gasteiger partial charge in [-0.15, -0.1) is 0 Å². The molecule has 0 saturated heterocycles. The van der Waals surface area contributed by atoms with Crippen molar-refractivity contribution in [2.24, 2.45) is 10.9 Å². The van der Waals surface area contributed by atoms with Gasteiger partial charge in [0.1, 0.15) is 5.75 Å². The molecule has 1 aromatic heterocycles. The lowest BCUT2D eigenvalue weighted by Gasteiger charge is -2.14. The maximum Gasteiger partial charge on any atom is 0.213 e. The van der Waals surface area contributed by atoms with Crippen molar-refractivity contribution in [1.29, 1.82) is 0 Å². The van der Waals surface area contributed by atoms with Crippen molar-refractivity contribution in [3.63, 3.8) is 0 Å². The second-order valence-electron chi connectivity index (χ2n) is 7.18. The zero-order chi connectivity index (χ0) is 19.8. The van der Waals surface area contributed by atoms with Gasteiger partial charge >= 0.3 is 0 Å². The number of aryl methyl sites for hydroxylation is 1. The minimum Gasteiger partial charge on any atom is -0.496 e. The number of nitrogens with one attached hydrogen (secondary N) is 2. The normalized spacial score (nSPS) is 13.9. The van der Waals surface area contributed by atoms with Crippen LogP contribution in [0.5, 0.6) is 11.6 Å². The van der Waals surface area contributed by atoms with E-state index in [0.29, 0.717) is 12.4 Å². The Morgan fingerprint density at radius 3 is 2.75 bits per heavy atom. The van der Waals surface area contributed by atoms with Crippen LogP contribution in [0.2, 0.25) is 0 Å². The van der Waals surface area contributed by atoms with E-state index >= 15 is 0 Å². The number of pyridine rings is 1. The van der Waals surface area contributed by atoms with Crippen molar-refractivity contribution in [1.82, 2.24) is 15.6 Å². The van der Waals surface area contributed by atoms with Crippen LogP contribution >= 0.6 is 0 Å². The summed E-state index contributed by atoms with van der Waals surface area (Å²) in [5.74, 6) is 3.12. The minimum absolute atomic E-state index is 0.656. The van der Waals surface area contributed by atoms with Gasteiger partial charge in [-0.05, 0) is 49.3 Å². The highest BCUT2D eigenvalue weighted by Gasteiger charge is 2.22. The first-order valence-electron chi connectivity index (χ1n) is 9.83. The Balaban J connectivity index is 1.42. The first kappa shape index (κ1) is 20.0. The molecule has 2 N–H and O–H groups in total. The molecule has 2 aromatic rings. The minimum atomic E-state index is 0.656. The van der Waals surface area contributed by atoms with Gasteiger partial charge in [-0.25, -0.2) is 4.98 Å². The van der Waals surface area contributed by atoms with Crippen molar-refractivity contribution in [3.05, 3.63) is 53.2 Å². The second-order valence-corrected chi connectivity index (χ2v) is 7.18. The number of ether oxygens (including phenoxy) is 2. The van der Waals surface area contributed by atoms with Gasteiger partial charge in [-0.1, -0.05) is 23.8 Å². The topological polar surface area (TPSA) is 67.8 Å². The first-order chi connectivity index (χ1) is 13.7. The van der Waals surface area contributed by atoms with Gasteiger partial charge in [0.25, 0.3) is 0 Å². The lowest BCUT2D eigenvalue weighted by atomic mass is 10.1. The molecule has 0 unspecified atom stereocenters. The molecule has 1 aliphatic rings. The molecule has 1 aromatic carbocycles. The summed E-state index contributed by atoms with van der Waals surface area (Å²) in [5.41, 5.74) is 3.51. The number of nitrogens with zero attached hydrogens (tertiary/aromatic N) is 2. The standard InChI is InChI=1S/C22H30N4O2/c1-16-4-8-20(27-3)19(12-16)10-11-24-22(23-2)26-14-18-7-9-21(25-13-18)28-15-17-5-6-17/h4,7-9,12-13,17H,5-6,10-11,14-15H2,1-3H3,(H2,23,24,26). The van der Waals surface area contributed by atoms with Crippen LogP contribution in [0.3, 0.4) is 0 Å². The quantitative estimate of drug-likeness (QED) is 0.515. The van der Waals surface area contributed by atoms with Gasteiger partial charge < -0.3 is 20.1 Å². The highest BCUT2D eigenvalue weighted by atomic mass is 16.5. The van der Waals surface area contributed by atoms with Crippen LogP contribution in [0.1, 0.15) is 29.5 Å². The smallest absolute Gasteiger partial charge is 0.213 e. The van der Waals surface area contributed by atoms with Crippen LogP contribution in [-0.4, -0.2) is 38.3 Å². The molecule has 1 aliphatic carbocycles. The van der Waals surface area contributed by atoms with Crippen molar-refractivity contribution >= 4 is 5.96 Å². The first-order valence-corrected chi connectivity index (χ1v) is 9.83. The van der Waals surface area contributed by atoms with Crippen LogP contribution in [0.25, 0.3) is 0 Å². The number of hydrogen-bond acceptors (Lipinski definition) is 4. The van der Waals surface area contributed by atoms with E-state index in [9.17, 15) is 0 Å². The number of aliphatic imine (C=N–C) groups is 1. The van der Waals surface area contributed by atoms with E-state index in [2.05, 4.69) is 39.7 Å². The fourth-order valence-corrected chi connectivity index (χ4v) is 2.91. The average molecular weight is 383 g/mol. The molecule has 6 nitrogen and oxygen atoms in total.